The molecule has 29 heavy (non-hydrogen) atoms. The molecule has 3 atom stereocenters. The summed E-state index contributed by atoms with van der Waals surface area (Å²) < 4.78 is 12.0. The highest BCUT2D eigenvalue weighted by molar-refractivity contribution is 14.0. The number of nitrogens with zero attached hydrogens (tertiary/aromatic N) is 2. The van der Waals surface area contributed by atoms with E-state index in [9.17, 15) is 4.21 Å². The standard InChI is InChI=1S/C22H38N4OS.HI/c1-6-23-21(24-13-15-28(27)22(3,4)5)25-20-12-14-26(18(2)16-20)17-19-10-8-7-9-11-19;/h7-11,18,20H,6,12-17H2,1-5H3,(H2,23,24,25);1H. The molecule has 0 aliphatic carbocycles. The Morgan fingerprint density at radius 1 is 1.28 bits per heavy atom. The van der Waals surface area contributed by atoms with Gasteiger partial charge in [-0.3, -0.25) is 14.1 Å². The summed E-state index contributed by atoms with van der Waals surface area (Å²) in [6.45, 7) is 14.0. The molecule has 5 nitrogen and oxygen atoms in total. The molecule has 0 amide bonds. The van der Waals surface area contributed by atoms with Gasteiger partial charge in [-0.05, 0) is 53.0 Å². The zero-order chi connectivity index (χ0) is 20.6. The number of nitrogens with one attached hydrogen (secondary N) is 2. The van der Waals surface area contributed by atoms with Crippen LogP contribution in [0.5, 0.6) is 0 Å². The van der Waals surface area contributed by atoms with Crippen LogP contribution in [-0.2, 0) is 17.3 Å². The van der Waals surface area contributed by atoms with Gasteiger partial charge >= 0.3 is 0 Å². The molecule has 1 aromatic rings. The van der Waals surface area contributed by atoms with Gasteiger partial charge < -0.3 is 10.6 Å². The third kappa shape index (κ3) is 9.34. The number of halogens is 1. The van der Waals surface area contributed by atoms with Crippen LogP contribution in [-0.4, -0.2) is 57.3 Å². The minimum absolute atomic E-state index is 0. The van der Waals surface area contributed by atoms with Crippen molar-refractivity contribution in [2.24, 2.45) is 4.99 Å². The number of benzene rings is 1. The molecular formula is C22H39IN4OS. The highest BCUT2D eigenvalue weighted by atomic mass is 127. The molecule has 0 radical (unpaired) electrons. The van der Waals surface area contributed by atoms with Crippen LogP contribution in [0.2, 0.25) is 0 Å². The molecule has 0 spiro atoms. The molecule has 1 saturated heterocycles. The largest absolute Gasteiger partial charge is 0.357 e. The van der Waals surface area contributed by atoms with E-state index >= 15 is 0 Å². The Morgan fingerprint density at radius 3 is 2.55 bits per heavy atom. The molecule has 2 rings (SSSR count). The molecule has 2 N–H and O–H groups in total. The van der Waals surface area contributed by atoms with E-state index in [2.05, 4.69) is 64.7 Å². The van der Waals surface area contributed by atoms with E-state index in [-0.39, 0.29) is 28.7 Å². The number of hydrogen-bond donors (Lipinski definition) is 2. The van der Waals surface area contributed by atoms with Crippen LogP contribution >= 0.6 is 24.0 Å². The van der Waals surface area contributed by atoms with Crippen molar-refractivity contribution >= 4 is 40.7 Å². The number of likely N-dealkylation sites (tertiary alicyclic amines) is 1. The Balaban J connectivity index is 0.00000420. The Labute approximate surface area is 197 Å². The van der Waals surface area contributed by atoms with Crippen molar-refractivity contribution in [3.63, 3.8) is 0 Å². The number of guanidine groups is 1. The summed E-state index contributed by atoms with van der Waals surface area (Å²) in [6, 6.07) is 11.7. The molecule has 0 aromatic heterocycles. The fraction of sp³-hybridized carbons (Fsp3) is 0.682. The number of hydrogen-bond acceptors (Lipinski definition) is 3. The monoisotopic (exact) mass is 534 g/mol. The second-order valence-electron chi connectivity index (χ2n) is 8.59. The van der Waals surface area contributed by atoms with Crippen LogP contribution in [0, 0.1) is 0 Å². The molecule has 1 fully saturated rings. The quantitative estimate of drug-likeness (QED) is 0.318. The second-order valence-corrected chi connectivity index (χ2v) is 10.9. The van der Waals surface area contributed by atoms with Crippen molar-refractivity contribution in [1.29, 1.82) is 0 Å². The van der Waals surface area contributed by atoms with Gasteiger partial charge in [0.25, 0.3) is 0 Å². The van der Waals surface area contributed by atoms with Crippen LogP contribution < -0.4 is 10.6 Å². The number of rotatable bonds is 7. The van der Waals surface area contributed by atoms with E-state index in [0.29, 0.717) is 24.4 Å². The molecule has 166 valence electrons. The maximum atomic E-state index is 12.2. The van der Waals surface area contributed by atoms with E-state index in [1.807, 2.05) is 20.8 Å². The average molecular weight is 535 g/mol. The number of aliphatic imine (C=N–C) groups is 1. The molecule has 1 heterocycles. The summed E-state index contributed by atoms with van der Waals surface area (Å²) in [5, 5.41) is 6.93. The summed E-state index contributed by atoms with van der Waals surface area (Å²) in [5.74, 6) is 1.45. The van der Waals surface area contributed by atoms with E-state index in [0.717, 1.165) is 38.4 Å². The summed E-state index contributed by atoms with van der Waals surface area (Å²) in [6.07, 6.45) is 2.21. The lowest BCUT2D eigenvalue weighted by molar-refractivity contribution is 0.134. The van der Waals surface area contributed by atoms with Crippen LogP contribution in [0.25, 0.3) is 0 Å². The smallest absolute Gasteiger partial charge is 0.191 e. The fourth-order valence-electron chi connectivity index (χ4n) is 3.46. The van der Waals surface area contributed by atoms with Crippen LogP contribution in [0.15, 0.2) is 35.3 Å². The molecule has 7 heteroatoms. The van der Waals surface area contributed by atoms with Gasteiger partial charge in [0.15, 0.2) is 5.96 Å². The van der Waals surface area contributed by atoms with Crippen LogP contribution in [0.1, 0.15) is 53.0 Å². The van der Waals surface area contributed by atoms with Crippen molar-refractivity contribution < 1.29 is 4.21 Å². The van der Waals surface area contributed by atoms with Crippen molar-refractivity contribution in [3.05, 3.63) is 35.9 Å². The van der Waals surface area contributed by atoms with Crippen LogP contribution in [0.3, 0.4) is 0 Å². The minimum Gasteiger partial charge on any atom is -0.357 e. The Morgan fingerprint density at radius 2 is 1.97 bits per heavy atom. The summed E-state index contributed by atoms with van der Waals surface area (Å²) >= 11 is 0. The first-order valence-electron chi connectivity index (χ1n) is 10.5. The summed E-state index contributed by atoms with van der Waals surface area (Å²) in [7, 11) is -0.864. The molecule has 1 aromatic carbocycles. The van der Waals surface area contributed by atoms with E-state index in [1.54, 1.807) is 0 Å². The Bertz CT molecular complexity index is 648. The van der Waals surface area contributed by atoms with Crippen molar-refractivity contribution in [2.45, 2.75) is 70.8 Å². The first kappa shape index (κ1) is 26.4. The van der Waals surface area contributed by atoms with Gasteiger partial charge in [-0.25, -0.2) is 0 Å². The Hall–Kier alpha value is -0.670. The van der Waals surface area contributed by atoms with Gasteiger partial charge in [-0.2, -0.15) is 0 Å². The van der Waals surface area contributed by atoms with Crippen molar-refractivity contribution in [2.75, 3.05) is 25.4 Å². The van der Waals surface area contributed by atoms with Gasteiger partial charge in [0.2, 0.25) is 0 Å². The molecule has 0 bridgehead atoms. The van der Waals surface area contributed by atoms with Gasteiger partial charge in [-0.1, -0.05) is 30.3 Å². The lowest BCUT2D eigenvalue weighted by atomic mass is 9.97. The second kappa shape index (κ2) is 12.9. The molecule has 1 aliphatic heterocycles. The lowest BCUT2D eigenvalue weighted by Crippen LogP contribution is -2.51. The zero-order valence-corrected chi connectivity index (χ0v) is 21.8. The summed E-state index contributed by atoms with van der Waals surface area (Å²) in [4.78, 5) is 7.22. The van der Waals surface area contributed by atoms with Crippen molar-refractivity contribution in [1.82, 2.24) is 15.5 Å². The summed E-state index contributed by atoms with van der Waals surface area (Å²) in [5.41, 5.74) is 1.38. The highest BCUT2D eigenvalue weighted by Crippen LogP contribution is 2.20. The van der Waals surface area contributed by atoms with E-state index in [4.69, 9.17) is 0 Å². The average Bonchev–Trinajstić information content (AvgIpc) is 2.64. The normalized spacial score (nSPS) is 21.9. The predicted octanol–water partition coefficient (Wildman–Crippen LogP) is 3.76. The highest BCUT2D eigenvalue weighted by Gasteiger charge is 2.26. The number of piperidine rings is 1. The SMILES string of the molecule is CCNC(=NCCS(=O)C(C)(C)C)NC1CCN(Cc2ccccc2)C(C)C1.I. The maximum Gasteiger partial charge on any atom is 0.191 e. The van der Waals surface area contributed by atoms with Gasteiger partial charge in [0.1, 0.15) is 0 Å². The van der Waals surface area contributed by atoms with Gasteiger partial charge in [-0.15, -0.1) is 24.0 Å². The van der Waals surface area contributed by atoms with Gasteiger partial charge in [0, 0.05) is 53.0 Å². The predicted molar refractivity (Wildman–Crippen MR) is 137 cm³/mol. The fourth-order valence-corrected chi connectivity index (χ4v) is 4.33. The molecular weight excluding hydrogens is 495 g/mol. The minimum atomic E-state index is -0.864. The topological polar surface area (TPSA) is 56.7 Å². The van der Waals surface area contributed by atoms with Crippen LogP contribution in [0.4, 0.5) is 0 Å². The molecule has 0 saturated carbocycles. The van der Waals surface area contributed by atoms with Gasteiger partial charge in [0.05, 0.1) is 6.54 Å². The zero-order valence-electron chi connectivity index (χ0n) is 18.6. The molecule has 3 unspecified atom stereocenters. The van der Waals surface area contributed by atoms with Crippen molar-refractivity contribution in [3.8, 4) is 0 Å². The maximum absolute atomic E-state index is 12.2. The third-order valence-electron chi connectivity index (χ3n) is 5.16. The third-order valence-corrected chi connectivity index (χ3v) is 7.08. The van der Waals surface area contributed by atoms with E-state index in [1.165, 1.54) is 5.56 Å². The first-order chi connectivity index (χ1) is 13.3. The lowest BCUT2D eigenvalue weighted by Gasteiger charge is -2.38. The Kier molecular flexibility index (Phi) is 11.7. The molecule has 1 aliphatic rings. The van der Waals surface area contributed by atoms with E-state index < -0.39 is 10.8 Å². The first-order valence-corrected chi connectivity index (χ1v) is 11.8.